The zero-order valence-corrected chi connectivity index (χ0v) is 11.6. The number of hydrogen-bond acceptors (Lipinski definition) is 2. The Kier molecular flexibility index (Phi) is 4.02. The molecule has 1 fully saturated rings. The van der Waals surface area contributed by atoms with Crippen LogP contribution in [-0.2, 0) is 9.59 Å². The van der Waals surface area contributed by atoms with Crippen LogP contribution >= 0.6 is 23.2 Å². The summed E-state index contributed by atoms with van der Waals surface area (Å²) in [4.78, 5) is 23.0. The summed E-state index contributed by atoms with van der Waals surface area (Å²) in [5.74, 6) is -1.22. The molecule has 1 aromatic rings. The van der Waals surface area contributed by atoms with Gasteiger partial charge in [0.05, 0.1) is 15.5 Å². The summed E-state index contributed by atoms with van der Waals surface area (Å²) in [6, 6.07) is 4.74. The van der Waals surface area contributed by atoms with Crippen molar-refractivity contribution in [3.63, 3.8) is 0 Å². The largest absolute Gasteiger partial charge is 0.481 e. The van der Waals surface area contributed by atoms with Gasteiger partial charge in [-0.25, -0.2) is 0 Å². The number of carbonyl (C=O) groups is 2. The van der Waals surface area contributed by atoms with Crippen molar-refractivity contribution < 1.29 is 14.7 Å². The second-order valence-corrected chi connectivity index (χ2v) is 5.61. The van der Waals surface area contributed by atoms with Crippen molar-refractivity contribution in [2.24, 2.45) is 5.41 Å². The van der Waals surface area contributed by atoms with Crippen LogP contribution in [0, 0.1) is 5.41 Å². The van der Waals surface area contributed by atoms with Crippen molar-refractivity contribution in [3.05, 3.63) is 28.2 Å². The molecule has 0 radical (unpaired) electrons. The number of halogens is 2. The number of nitrogens with one attached hydrogen (secondary N) is 1. The Hall–Kier alpha value is -1.26. The summed E-state index contributed by atoms with van der Waals surface area (Å²) in [5.41, 5.74) is -0.375. The molecule has 2 rings (SSSR count). The standard InChI is InChI=1S/C13H13Cl2NO3/c14-9-3-2-8(6-10(9)15)16-11(17)7-13(12(18)19)4-1-5-13/h2-3,6H,1,4-5,7H2,(H,16,17)(H,18,19). The second-order valence-electron chi connectivity index (χ2n) is 4.79. The molecule has 102 valence electrons. The van der Waals surface area contributed by atoms with Crippen LogP contribution in [0.15, 0.2) is 18.2 Å². The maximum Gasteiger partial charge on any atom is 0.310 e. The zero-order chi connectivity index (χ0) is 14.0. The molecule has 1 aromatic carbocycles. The first-order valence-corrected chi connectivity index (χ1v) is 6.67. The lowest BCUT2D eigenvalue weighted by Gasteiger charge is -2.36. The number of carboxylic acid groups (broad SMARTS) is 1. The van der Waals surface area contributed by atoms with E-state index in [0.717, 1.165) is 6.42 Å². The Morgan fingerprint density at radius 1 is 1.26 bits per heavy atom. The molecule has 19 heavy (non-hydrogen) atoms. The monoisotopic (exact) mass is 301 g/mol. The van der Waals surface area contributed by atoms with Crippen LogP contribution in [0.3, 0.4) is 0 Å². The molecule has 1 saturated carbocycles. The van der Waals surface area contributed by atoms with Crippen molar-refractivity contribution in [2.75, 3.05) is 5.32 Å². The average molecular weight is 302 g/mol. The number of aliphatic carboxylic acids is 1. The molecular weight excluding hydrogens is 289 g/mol. The molecule has 0 saturated heterocycles. The first-order chi connectivity index (χ1) is 8.93. The number of rotatable bonds is 4. The normalized spacial score (nSPS) is 16.5. The van der Waals surface area contributed by atoms with Crippen LogP contribution in [0.1, 0.15) is 25.7 Å². The maximum atomic E-state index is 11.9. The minimum absolute atomic E-state index is 0.0113. The van der Waals surface area contributed by atoms with Crippen molar-refractivity contribution in [1.29, 1.82) is 0 Å². The van der Waals surface area contributed by atoms with E-state index in [0.29, 0.717) is 28.6 Å². The minimum Gasteiger partial charge on any atom is -0.481 e. The van der Waals surface area contributed by atoms with Crippen LogP contribution in [0.4, 0.5) is 5.69 Å². The summed E-state index contributed by atoms with van der Waals surface area (Å²) in [6.45, 7) is 0. The molecule has 0 bridgehead atoms. The van der Waals surface area contributed by atoms with Gasteiger partial charge in [-0.1, -0.05) is 29.6 Å². The predicted molar refractivity (Wildman–Crippen MR) is 73.6 cm³/mol. The second kappa shape index (κ2) is 5.39. The molecule has 2 N–H and O–H groups in total. The first-order valence-electron chi connectivity index (χ1n) is 5.91. The van der Waals surface area contributed by atoms with Gasteiger partial charge in [-0.2, -0.15) is 0 Å². The molecule has 0 unspecified atom stereocenters. The Balaban J connectivity index is 2.01. The van der Waals surface area contributed by atoms with Gasteiger partial charge in [0.25, 0.3) is 0 Å². The van der Waals surface area contributed by atoms with E-state index in [9.17, 15) is 9.59 Å². The number of hydrogen-bond donors (Lipinski definition) is 2. The number of carboxylic acids is 1. The van der Waals surface area contributed by atoms with Crippen LogP contribution in [-0.4, -0.2) is 17.0 Å². The SMILES string of the molecule is O=C(CC1(C(=O)O)CCC1)Nc1ccc(Cl)c(Cl)c1. The lowest BCUT2D eigenvalue weighted by atomic mass is 9.66. The maximum absolute atomic E-state index is 11.9. The van der Waals surface area contributed by atoms with Gasteiger partial charge in [-0.05, 0) is 31.0 Å². The van der Waals surface area contributed by atoms with Crippen molar-refractivity contribution in [1.82, 2.24) is 0 Å². The average Bonchev–Trinajstić information content (AvgIpc) is 2.28. The molecule has 4 nitrogen and oxygen atoms in total. The molecule has 0 heterocycles. The predicted octanol–water partition coefficient (Wildman–Crippen LogP) is 3.58. The molecule has 0 spiro atoms. The minimum atomic E-state index is -0.900. The van der Waals surface area contributed by atoms with Crippen molar-refractivity contribution >= 4 is 40.8 Å². The smallest absolute Gasteiger partial charge is 0.310 e. The molecular formula is C13H13Cl2NO3. The third kappa shape index (κ3) is 3.01. The topological polar surface area (TPSA) is 66.4 Å². The molecule has 0 aromatic heterocycles. The van der Waals surface area contributed by atoms with E-state index in [1.54, 1.807) is 12.1 Å². The van der Waals surface area contributed by atoms with E-state index >= 15 is 0 Å². The lowest BCUT2D eigenvalue weighted by molar-refractivity contribution is -0.157. The third-order valence-electron chi connectivity index (χ3n) is 3.47. The van der Waals surface area contributed by atoms with Gasteiger partial charge in [0.2, 0.25) is 5.91 Å². The highest BCUT2D eigenvalue weighted by Gasteiger charge is 2.45. The van der Waals surface area contributed by atoms with Crippen LogP contribution in [0.25, 0.3) is 0 Å². The highest BCUT2D eigenvalue weighted by Crippen LogP contribution is 2.44. The fraction of sp³-hybridized carbons (Fsp3) is 0.385. The van der Waals surface area contributed by atoms with Gasteiger partial charge in [0.15, 0.2) is 0 Å². The Morgan fingerprint density at radius 2 is 1.95 bits per heavy atom. The number of amides is 1. The van der Waals surface area contributed by atoms with Gasteiger partial charge < -0.3 is 10.4 Å². The molecule has 0 aliphatic heterocycles. The summed E-state index contributed by atoms with van der Waals surface area (Å²) in [6.07, 6.45) is 1.95. The van der Waals surface area contributed by atoms with E-state index in [1.807, 2.05) is 0 Å². The van der Waals surface area contributed by atoms with Gasteiger partial charge in [0.1, 0.15) is 0 Å². The van der Waals surface area contributed by atoms with E-state index < -0.39 is 11.4 Å². The highest BCUT2D eigenvalue weighted by molar-refractivity contribution is 6.42. The summed E-state index contributed by atoms with van der Waals surface area (Å²) in [7, 11) is 0. The molecule has 1 aliphatic carbocycles. The quantitative estimate of drug-likeness (QED) is 0.893. The number of benzene rings is 1. The van der Waals surface area contributed by atoms with Crippen LogP contribution < -0.4 is 5.32 Å². The van der Waals surface area contributed by atoms with E-state index in [4.69, 9.17) is 28.3 Å². The summed E-state index contributed by atoms with van der Waals surface area (Å²) >= 11 is 11.6. The highest BCUT2D eigenvalue weighted by atomic mass is 35.5. The lowest BCUT2D eigenvalue weighted by Crippen LogP contribution is -2.41. The van der Waals surface area contributed by atoms with Crippen LogP contribution in [0.2, 0.25) is 10.0 Å². The first kappa shape index (κ1) is 14.2. The summed E-state index contributed by atoms with van der Waals surface area (Å²) in [5, 5.41) is 12.6. The van der Waals surface area contributed by atoms with E-state index in [2.05, 4.69) is 5.32 Å². The van der Waals surface area contributed by atoms with Crippen molar-refractivity contribution in [3.8, 4) is 0 Å². The van der Waals surface area contributed by atoms with E-state index in [1.165, 1.54) is 6.07 Å². The van der Waals surface area contributed by atoms with Crippen LogP contribution in [0.5, 0.6) is 0 Å². The fourth-order valence-electron chi connectivity index (χ4n) is 2.16. The van der Waals surface area contributed by atoms with E-state index in [-0.39, 0.29) is 12.3 Å². The molecule has 1 aliphatic rings. The molecule has 6 heteroatoms. The van der Waals surface area contributed by atoms with Gasteiger partial charge >= 0.3 is 5.97 Å². The Morgan fingerprint density at radius 3 is 2.42 bits per heavy atom. The Bertz CT molecular complexity index is 527. The van der Waals surface area contributed by atoms with Crippen molar-refractivity contribution in [2.45, 2.75) is 25.7 Å². The molecule has 0 atom stereocenters. The van der Waals surface area contributed by atoms with Gasteiger partial charge in [-0.3, -0.25) is 9.59 Å². The fourth-order valence-corrected chi connectivity index (χ4v) is 2.45. The number of carbonyl (C=O) groups excluding carboxylic acids is 1. The zero-order valence-electron chi connectivity index (χ0n) is 10.1. The van der Waals surface area contributed by atoms with Gasteiger partial charge in [-0.15, -0.1) is 0 Å². The molecule has 1 amide bonds. The van der Waals surface area contributed by atoms with Gasteiger partial charge in [0, 0.05) is 12.1 Å². The number of anilines is 1. The third-order valence-corrected chi connectivity index (χ3v) is 4.21. The summed E-state index contributed by atoms with van der Waals surface area (Å²) < 4.78 is 0. The Labute approximate surface area is 120 Å².